The molecule has 2 aromatic carbocycles. The largest absolute Gasteiger partial charge is 0.286 e. The van der Waals surface area contributed by atoms with Crippen LogP contribution in [-0.4, -0.2) is 15.5 Å². The number of anilines is 1. The number of carbonyl (C=O) groups excluding carboxylic acids is 1. The summed E-state index contributed by atoms with van der Waals surface area (Å²) in [5.41, 5.74) is 5.08. The molecule has 1 aromatic heterocycles. The third-order valence-corrected chi connectivity index (χ3v) is 4.50. The topological polar surface area (TPSA) is 99.8 Å². The Bertz CT molecular complexity index is 1260. The molecule has 29 heavy (non-hydrogen) atoms. The minimum Gasteiger partial charge on any atom is -0.267 e. The Labute approximate surface area is 168 Å². The van der Waals surface area contributed by atoms with Gasteiger partial charge in [-0.15, -0.1) is 0 Å². The Morgan fingerprint density at radius 1 is 1.07 bits per heavy atom. The standard InChI is InChI=1S/C20H11ClFN5O2/c21-13-5-1-11(2-6-13)9-16-18(28)25-26-20-24-17(12-3-7-14(22)8-4-12)15(10-23)19(29)27(16)20/h1-9H,(H,24,26)(H,25,28)/b16-9+. The van der Waals surface area contributed by atoms with Crippen LogP contribution < -0.4 is 16.4 Å². The SMILES string of the molecule is N#Cc1c(-c2ccc(F)cc2)nc2n(c1=O)/C(=C/c1ccc(Cl)cc1)C(=O)NN2. The van der Waals surface area contributed by atoms with E-state index >= 15 is 0 Å². The average molecular weight is 408 g/mol. The monoisotopic (exact) mass is 407 g/mol. The lowest BCUT2D eigenvalue weighted by Gasteiger charge is -2.23. The van der Waals surface area contributed by atoms with Gasteiger partial charge in [0.1, 0.15) is 23.1 Å². The molecular formula is C20H11ClFN5O2. The van der Waals surface area contributed by atoms with Crippen molar-refractivity contribution < 1.29 is 9.18 Å². The van der Waals surface area contributed by atoms with Crippen molar-refractivity contribution in [3.8, 4) is 17.3 Å². The van der Waals surface area contributed by atoms with Crippen LogP contribution in [0.4, 0.5) is 10.3 Å². The van der Waals surface area contributed by atoms with Crippen LogP contribution in [0.1, 0.15) is 11.1 Å². The van der Waals surface area contributed by atoms with Gasteiger partial charge in [0.15, 0.2) is 0 Å². The molecule has 0 bridgehead atoms. The maximum atomic E-state index is 13.2. The predicted octanol–water partition coefficient (Wildman–Crippen LogP) is 3.03. The number of hydrogen-bond donors (Lipinski definition) is 2. The fourth-order valence-electron chi connectivity index (χ4n) is 2.87. The first kappa shape index (κ1) is 18.4. The van der Waals surface area contributed by atoms with E-state index in [4.69, 9.17) is 11.6 Å². The fourth-order valence-corrected chi connectivity index (χ4v) is 3.00. The first-order chi connectivity index (χ1) is 14.0. The molecule has 2 N–H and O–H groups in total. The zero-order chi connectivity index (χ0) is 20.5. The normalized spacial score (nSPS) is 14.0. The van der Waals surface area contributed by atoms with Crippen molar-refractivity contribution in [3.05, 3.63) is 80.9 Å². The molecule has 0 saturated carbocycles. The summed E-state index contributed by atoms with van der Waals surface area (Å²) in [5.74, 6) is -1.01. The van der Waals surface area contributed by atoms with Crippen molar-refractivity contribution in [3.63, 3.8) is 0 Å². The maximum absolute atomic E-state index is 13.2. The molecule has 0 saturated heterocycles. The molecule has 7 nitrogen and oxygen atoms in total. The molecule has 3 aromatic rings. The van der Waals surface area contributed by atoms with Crippen LogP contribution in [-0.2, 0) is 4.79 Å². The molecule has 0 radical (unpaired) electrons. The third kappa shape index (κ3) is 3.35. The van der Waals surface area contributed by atoms with E-state index in [2.05, 4.69) is 15.8 Å². The zero-order valence-corrected chi connectivity index (χ0v) is 15.4. The lowest BCUT2D eigenvalue weighted by atomic mass is 10.1. The number of amides is 1. The molecule has 1 aliphatic heterocycles. The number of halogens is 2. The van der Waals surface area contributed by atoms with E-state index in [9.17, 15) is 19.2 Å². The number of nitrogens with one attached hydrogen (secondary N) is 2. The van der Waals surface area contributed by atoms with Crippen LogP contribution in [0, 0.1) is 17.1 Å². The summed E-state index contributed by atoms with van der Waals surface area (Å²) in [7, 11) is 0. The van der Waals surface area contributed by atoms with Gasteiger partial charge in [0.05, 0.1) is 5.69 Å². The number of rotatable bonds is 2. The van der Waals surface area contributed by atoms with Gasteiger partial charge in [0.25, 0.3) is 11.5 Å². The zero-order valence-electron chi connectivity index (χ0n) is 14.6. The summed E-state index contributed by atoms with van der Waals surface area (Å²) >= 11 is 5.88. The molecule has 142 valence electrons. The van der Waals surface area contributed by atoms with Gasteiger partial charge in [-0.3, -0.25) is 20.4 Å². The van der Waals surface area contributed by atoms with Crippen molar-refractivity contribution in [2.75, 3.05) is 5.43 Å². The Hall–Kier alpha value is -3.96. The van der Waals surface area contributed by atoms with Crippen molar-refractivity contribution >= 4 is 35.2 Å². The molecule has 9 heteroatoms. The van der Waals surface area contributed by atoms with Crippen molar-refractivity contribution in [2.45, 2.75) is 0 Å². The number of hydrazine groups is 1. The highest BCUT2D eigenvalue weighted by Crippen LogP contribution is 2.25. The smallest absolute Gasteiger partial charge is 0.267 e. The van der Waals surface area contributed by atoms with Crippen LogP contribution in [0.2, 0.25) is 5.02 Å². The van der Waals surface area contributed by atoms with Crippen LogP contribution in [0.15, 0.2) is 53.3 Å². The van der Waals surface area contributed by atoms with Crippen molar-refractivity contribution in [1.29, 1.82) is 5.26 Å². The van der Waals surface area contributed by atoms with Gasteiger partial charge in [-0.05, 0) is 48.0 Å². The fraction of sp³-hybridized carbons (Fsp3) is 0. The van der Waals surface area contributed by atoms with Gasteiger partial charge in [0, 0.05) is 10.6 Å². The van der Waals surface area contributed by atoms with Crippen LogP contribution in [0.25, 0.3) is 23.0 Å². The van der Waals surface area contributed by atoms with E-state index in [1.54, 1.807) is 24.3 Å². The van der Waals surface area contributed by atoms with E-state index in [-0.39, 0.29) is 22.9 Å². The number of aromatic nitrogens is 2. The summed E-state index contributed by atoms with van der Waals surface area (Å²) < 4.78 is 14.3. The first-order valence-corrected chi connectivity index (χ1v) is 8.73. The summed E-state index contributed by atoms with van der Waals surface area (Å²) in [5, 5.41) is 10.1. The van der Waals surface area contributed by atoms with E-state index in [1.807, 2.05) is 6.07 Å². The van der Waals surface area contributed by atoms with Gasteiger partial charge in [-0.25, -0.2) is 13.9 Å². The highest BCUT2D eigenvalue weighted by atomic mass is 35.5. The lowest BCUT2D eigenvalue weighted by molar-refractivity contribution is -0.115. The van der Waals surface area contributed by atoms with Gasteiger partial charge >= 0.3 is 0 Å². The second-order valence-corrected chi connectivity index (χ2v) is 6.51. The lowest BCUT2D eigenvalue weighted by Crippen LogP contribution is -2.43. The quantitative estimate of drug-likeness (QED) is 0.636. The second kappa shape index (κ2) is 7.22. The minimum absolute atomic E-state index is 0.0132. The Balaban J connectivity index is 1.93. The predicted molar refractivity (Wildman–Crippen MR) is 106 cm³/mol. The molecular weight excluding hydrogens is 397 g/mol. The van der Waals surface area contributed by atoms with Crippen molar-refractivity contribution in [1.82, 2.24) is 15.0 Å². The first-order valence-electron chi connectivity index (χ1n) is 8.35. The molecule has 0 unspecified atom stereocenters. The molecule has 0 atom stereocenters. The molecule has 0 aliphatic carbocycles. The average Bonchev–Trinajstić information content (AvgIpc) is 2.72. The van der Waals surface area contributed by atoms with Gasteiger partial charge < -0.3 is 0 Å². The Morgan fingerprint density at radius 3 is 2.41 bits per heavy atom. The minimum atomic E-state index is -0.723. The van der Waals surface area contributed by atoms with Gasteiger partial charge in [-0.1, -0.05) is 23.7 Å². The van der Waals surface area contributed by atoms with Gasteiger partial charge in [0.2, 0.25) is 5.95 Å². The number of carbonyl (C=O) groups is 1. The van der Waals surface area contributed by atoms with E-state index in [0.29, 0.717) is 16.1 Å². The van der Waals surface area contributed by atoms with Crippen LogP contribution in [0.3, 0.4) is 0 Å². The number of benzene rings is 2. The Kier molecular flexibility index (Phi) is 4.58. The maximum Gasteiger partial charge on any atom is 0.286 e. The molecule has 2 heterocycles. The van der Waals surface area contributed by atoms with E-state index < -0.39 is 17.3 Å². The van der Waals surface area contributed by atoms with Crippen molar-refractivity contribution in [2.24, 2.45) is 0 Å². The van der Waals surface area contributed by atoms with Crippen LogP contribution >= 0.6 is 11.6 Å². The summed E-state index contributed by atoms with van der Waals surface area (Å²) in [4.78, 5) is 29.8. The highest BCUT2D eigenvalue weighted by Gasteiger charge is 2.27. The number of nitriles is 1. The van der Waals surface area contributed by atoms with Crippen LogP contribution in [0.5, 0.6) is 0 Å². The van der Waals surface area contributed by atoms with Gasteiger partial charge in [-0.2, -0.15) is 5.26 Å². The number of fused-ring (bicyclic) bond motifs is 1. The highest BCUT2D eigenvalue weighted by molar-refractivity contribution is 6.30. The van der Waals surface area contributed by atoms with E-state index in [1.165, 1.54) is 30.3 Å². The molecule has 0 fully saturated rings. The molecule has 1 amide bonds. The number of nitrogens with zero attached hydrogens (tertiary/aromatic N) is 3. The summed E-state index contributed by atoms with van der Waals surface area (Å²) in [6.45, 7) is 0. The Morgan fingerprint density at radius 2 is 1.76 bits per heavy atom. The molecule has 1 aliphatic rings. The molecule has 4 rings (SSSR count). The second-order valence-electron chi connectivity index (χ2n) is 6.08. The van der Waals surface area contributed by atoms with E-state index in [0.717, 1.165) is 4.57 Å². The summed E-state index contributed by atoms with van der Waals surface area (Å²) in [6.07, 6.45) is 1.48. The summed E-state index contributed by atoms with van der Waals surface area (Å²) in [6, 6.07) is 13.7. The number of hydrogen-bond acceptors (Lipinski definition) is 5. The molecule has 0 spiro atoms. The third-order valence-electron chi connectivity index (χ3n) is 4.25.